The molecule has 0 heterocycles. The second-order valence-corrected chi connectivity index (χ2v) is 10.8. The number of Topliss-reactive ketones (excluding diaryl/α,β-unsaturated/α-hetero) is 2. The van der Waals surface area contributed by atoms with Gasteiger partial charge in [-0.3, -0.25) is 9.59 Å². The maximum absolute atomic E-state index is 12.6. The van der Waals surface area contributed by atoms with Gasteiger partial charge in [-0.05, 0) is 72.5 Å². The predicted molar refractivity (Wildman–Crippen MR) is 156 cm³/mol. The maximum Gasteiger partial charge on any atom is 1.00 e. The Morgan fingerprint density at radius 1 is 0.636 bits per heavy atom. The second kappa shape index (κ2) is 15.8. The third-order valence-electron chi connectivity index (χ3n) is 6.57. The predicted octanol–water partition coefficient (Wildman–Crippen LogP) is 2.68. The summed E-state index contributed by atoms with van der Waals surface area (Å²) in [4.78, 5) is 37.8. The van der Waals surface area contributed by atoms with Crippen molar-refractivity contribution in [1.29, 1.82) is 0 Å². The average Bonchev–Trinajstić information content (AvgIpc) is 2.99. The first-order valence-electron chi connectivity index (χ1n) is 13.3. The van der Waals surface area contributed by atoms with Crippen LogP contribution in [0.5, 0.6) is 34.5 Å². The number of ether oxygens (including phenoxy) is 2. The van der Waals surface area contributed by atoms with Gasteiger partial charge in [0.05, 0.1) is 25.3 Å². The van der Waals surface area contributed by atoms with E-state index in [0.717, 1.165) is 23.3 Å². The normalized spacial score (nSPS) is 10.8. The van der Waals surface area contributed by atoms with Gasteiger partial charge in [-0.2, -0.15) is 0 Å². The fraction of sp³-hybridized carbons (Fsp3) is 0.188. The van der Waals surface area contributed by atoms with E-state index < -0.39 is 19.3 Å². The van der Waals surface area contributed by atoms with Crippen molar-refractivity contribution < 1.29 is 77.3 Å². The Morgan fingerprint density at radius 3 is 1.30 bits per heavy atom. The molecule has 0 saturated carbocycles. The molecule has 0 spiro atoms. The minimum absolute atomic E-state index is 0. The molecule has 0 aliphatic carbocycles. The third kappa shape index (κ3) is 9.61. The van der Waals surface area contributed by atoms with E-state index in [1.54, 1.807) is 38.5 Å². The molecule has 0 saturated heterocycles. The summed E-state index contributed by atoms with van der Waals surface area (Å²) in [5, 5.41) is 20.7. The summed E-state index contributed by atoms with van der Waals surface area (Å²) < 4.78 is 32.6. The van der Waals surface area contributed by atoms with Gasteiger partial charge in [0.15, 0.2) is 11.6 Å². The molecular formula is C32H30NaO10P. The summed E-state index contributed by atoms with van der Waals surface area (Å²) in [6, 6.07) is 21.4. The van der Waals surface area contributed by atoms with Gasteiger partial charge in [0.2, 0.25) is 0 Å². The summed E-state index contributed by atoms with van der Waals surface area (Å²) in [7, 11) is -1.91. The van der Waals surface area contributed by atoms with E-state index in [2.05, 4.69) is 0 Å². The van der Waals surface area contributed by atoms with Gasteiger partial charge in [-0.15, -0.1) is 0 Å². The number of phenolic OH excluding ortho intramolecular Hbond substituents is 2. The van der Waals surface area contributed by atoms with Crippen molar-refractivity contribution in [1.82, 2.24) is 0 Å². The van der Waals surface area contributed by atoms with Gasteiger partial charge in [0.1, 0.15) is 34.5 Å². The quantitative estimate of drug-likeness (QED) is 0.121. The minimum atomic E-state index is -5.04. The number of ketones is 2. The van der Waals surface area contributed by atoms with Gasteiger partial charge >= 0.3 is 37.4 Å². The van der Waals surface area contributed by atoms with Crippen LogP contribution in [0.25, 0.3) is 0 Å². The Balaban J connectivity index is 0.00000529. The van der Waals surface area contributed by atoms with Crippen LogP contribution in [-0.2, 0) is 17.4 Å². The molecule has 0 aliphatic rings. The first kappa shape index (κ1) is 34.7. The number of rotatable bonds is 14. The van der Waals surface area contributed by atoms with E-state index in [9.17, 15) is 29.3 Å². The number of phenols is 2. The van der Waals surface area contributed by atoms with Gasteiger partial charge in [0.25, 0.3) is 0 Å². The molecule has 0 amide bonds. The van der Waals surface area contributed by atoms with Gasteiger partial charge in [-0.1, -0.05) is 24.3 Å². The van der Waals surface area contributed by atoms with E-state index in [1.165, 1.54) is 24.3 Å². The van der Waals surface area contributed by atoms with Crippen LogP contribution in [0.2, 0.25) is 0 Å². The van der Waals surface area contributed by atoms with E-state index in [1.807, 2.05) is 24.3 Å². The molecule has 0 fully saturated rings. The van der Waals surface area contributed by atoms with Crippen LogP contribution < -0.4 is 53.0 Å². The van der Waals surface area contributed by atoms with E-state index >= 15 is 0 Å². The van der Waals surface area contributed by atoms with Crippen molar-refractivity contribution in [3.63, 3.8) is 0 Å². The van der Waals surface area contributed by atoms with Crippen molar-refractivity contribution in [3.8, 4) is 34.5 Å². The van der Waals surface area contributed by atoms with Gasteiger partial charge in [-0.25, -0.2) is 4.57 Å². The molecule has 4 rings (SSSR count). The molecule has 2 N–H and O–H groups in total. The van der Waals surface area contributed by atoms with Crippen molar-refractivity contribution >= 4 is 19.4 Å². The summed E-state index contributed by atoms with van der Waals surface area (Å²) >= 11 is 0. The Labute approximate surface area is 277 Å². The molecule has 10 nitrogen and oxygen atoms in total. The van der Waals surface area contributed by atoms with Crippen LogP contribution in [0.1, 0.15) is 44.7 Å². The Morgan fingerprint density at radius 2 is 0.977 bits per heavy atom. The number of methoxy groups -OCH3 is 2. The van der Waals surface area contributed by atoms with Crippen LogP contribution in [0, 0.1) is 0 Å². The van der Waals surface area contributed by atoms with Crippen LogP contribution >= 0.6 is 7.82 Å². The van der Waals surface area contributed by atoms with Crippen molar-refractivity contribution in [2.24, 2.45) is 0 Å². The number of hydrogen-bond donors (Lipinski definition) is 2. The summed E-state index contributed by atoms with van der Waals surface area (Å²) in [6.45, 7) is 0. The molecule has 0 radical (unpaired) electrons. The maximum atomic E-state index is 12.6. The summed E-state index contributed by atoms with van der Waals surface area (Å²) in [6.07, 6.45) is 1.10. The molecule has 0 bridgehead atoms. The Kier molecular flexibility index (Phi) is 12.5. The third-order valence-corrected chi connectivity index (χ3v) is 7.44. The molecule has 0 aromatic heterocycles. The van der Waals surface area contributed by atoms with Crippen molar-refractivity contribution in [2.75, 3.05) is 14.2 Å². The molecule has 0 unspecified atom stereocenters. The summed E-state index contributed by atoms with van der Waals surface area (Å²) in [5.41, 5.74) is 1.85. The largest absolute Gasteiger partial charge is 1.00 e. The van der Waals surface area contributed by atoms with Crippen LogP contribution in [0.4, 0.5) is 0 Å². The number of carbonyl (C=O) groups is 2. The van der Waals surface area contributed by atoms with Crippen LogP contribution in [-0.4, -0.2) is 36.0 Å². The number of phosphoric ester groups is 1. The van der Waals surface area contributed by atoms with Crippen LogP contribution in [0.3, 0.4) is 0 Å². The standard InChI is InChI=1S/C32H31O10P.Na/c1-39-23-9-3-21(4-10-23)7-17-29(33)27-15-13-25(19-31(27)35)41-43(37,38)42-26-14-16-28(32(36)20-26)30(34)18-8-22-5-11-24(40-2)12-6-22;/h3-6,9-16,19-20,35-36H,7-8,17-18H2,1-2H3,(H,37,38);/q;+1/p-1. The Bertz CT molecular complexity index is 1520. The number of benzene rings is 4. The fourth-order valence-electron chi connectivity index (χ4n) is 4.25. The van der Waals surface area contributed by atoms with Gasteiger partial charge < -0.3 is 33.6 Å². The molecule has 12 heteroatoms. The molecule has 4 aromatic carbocycles. The molecule has 224 valence electrons. The topological polar surface area (TPSA) is 152 Å². The number of aromatic hydroxyl groups is 2. The smallest absolute Gasteiger partial charge is 0.736 e. The molecule has 0 atom stereocenters. The zero-order valence-electron chi connectivity index (χ0n) is 24.5. The zero-order chi connectivity index (χ0) is 31.0. The molecule has 4 aromatic rings. The van der Waals surface area contributed by atoms with Gasteiger partial charge in [0, 0.05) is 25.0 Å². The number of phosphoric acid groups is 1. The Hall–Kier alpha value is -3.79. The molecular weight excluding hydrogens is 598 g/mol. The number of hydrogen-bond acceptors (Lipinski definition) is 10. The fourth-order valence-corrected chi connectivity index (χ4v) is 5.04. The number of aryl methyl sites for hydroxylation is 2. The van der Waals surface area contributed by atoms with Crippen LogP contribution in [0.15, 0.2) is 84.9 Å². The summed E-state index contributed by atoms with van der Waals surface area (Å²) in [5.74, 6) is -0.743. The van der Waals surface area contributed by atoms with Crippen molar-refractivity contribution in [3.05, 3.63) is 107 Å². The van der Waals surface area contributed by atoms with E-state index in [-0.39, 0.29) is 76.6 Å². The second-order valence-electron chi connectivity index (χ2n) is 9.53. The molecule has 44 heavy (non-hydrogen) atoms. The number of carbonyl (C=O) groups excluding carboxylic acids is 2. The average molecular weight is 629 g/mol. The zero-order valence-corrected chi connectivity index (χ0v) is 27.4. The first-order valence-corrected chi connectivity index (χ1v) is 14.7. The first-order chi connectivity index (χ1) is 20.6. The SMILES string of the molecule is COc1ccc(CCC(=O)c2ccc(OP(=O)([O-])Oc3ccc(C(=O)CCc4ccc(OC)cc4)c(O)c3)cc2O)cc1.[Na+]. The van der Waals surface area contributed by atoms with E-state index in [4.69, 9.17) is 18.5 Å². The monoisotopic (exact) mass is 628 g/mol. The molecule has 0 aliphatic heterocycles. The van der Waals surface area contributed by atoms with E-state index in [0.29, 0.717) is 24.3 Å². The van der Waals surface area contributed by atoms with Crippen molar-refractivity contribution in [2.45, 2.75) is 25.7 Å². The minimum Gasteiger partial charge on any atom is -0.736 e.